The molecule has 1 fully saturated rings. The number of aromatic nitrogens is 4. The van der Waals surface area contributed by atoms with Crippen LogP contribution in [0.4, 0.5) is 5.82 Å². The molecule has 0 aliphatic carbocycles. The number of amides is 1. The predicted octanol–water partition coefficient (Wildman–Crippen LogP) is 1.39. The Morgan fingerprint density at radius 3 is 2.86 bits per heavy atom. The van der Waals surface area contributed by atoms with Crippen molar-refractivity contribution in [2.75, 3.05) is 44.4 Å². The number of imidazole rings is 1. The van der Waals surface area contributed by atoms with E-state index in [9.17, 15) is 4.79 Å². The molecule has 1 N–H and O–H groups in total. The zero-order chi connectivity index (χ0) is 20.2. The van der Waals surface area contributed by atoms with Crippen LogP contribution in [0.15, 0.2) is 30.5 Å². The second-order valence-electron chi connectivity index (χ2n) is 6.79. The molecule has 1 saturated heterocycles. The lowest BCUT2D eigenvalue weighted by atomic mass is 10.3. The molecule has 0 unspecified atom stereocenters. The van der Waals surface area contributed by atoms with Gasteiger partial charge in [0.15, 0.2) is 0 Å². The number of anilines is 1. The third-order valence-corrected chi connectivity index (χ3v) is 4.69. The van der Waals surface area contributed by atoms with Crippen molar-refractivity contribution in [2.24, 2.45) is 0 Å². The van der Waals surface area contributed by atoms with Gasteiger partial charge in [-0.15, -0.1) is 0 Å². The number of fused-ring (bicyclic) bond motifs is 1. The van der Waals surface area contributed by atoms with E-state index in [0.717, 1.165) is 24.6 Å². The van der Waals surface area contributed by atoms with Gasteiger partial charge in [-0.3, -0.25) is 9.20 Å². The summed E-state index contributed by atoms with van der Waals surface area (Å²) in [6, 6.07) is 7.47. The Kier molecular flexibility index (Phi) is 5.57. The number of rotatable bonds is 6. The van der Waals surface area contributed by atoms with Gasteiger partial charge in [0.25, 0.3) is 5.91 Å². The zero-order valence-electron chi connectivity index (χ0n) is 16.6. The number of ether oxygens (including phenoxy) is 2. The van der Waals surface area contributed by atoms with E-state index in [1.807, 2.05) is 44.3 Å². The third-order valence-electron chi connectivity index (χ3n) is 4.69. The highest BCUT2D eigenvalue weighted by Gasteiger charge is 2.17. The quantitative estimate of drug-likeness (QED) is 0.629. The van der Waals surface area contributed by atoms with E-state index in [0.29, 0.717) is 49.5 Å². The molecule has 1 amide bonds. The number of morpholine rings is 1. The first-order valence-corrected chi connectivity index (χ1v) is 9.65. The van der Waals surface area contributed by atoms with Crippen molar-refractivity contribution in [3.05, 3.63) is 47.7 Å². The van der Waals surface area contributed by atoms with Gasteiger partial charge in [0.2, 0.25) is 5.88 Å². The summed E-state index contributed by atoms with van der Waals surface area (Å²) in [6.45, 7) is 7.30. The van der Waals surface area contributed by atoms with Crippen LogP contribution in [0, 0.1) is 13.8 Å². The highest BCUT2D eigenvalue weighted by Crippen LogP contribution is 2.18. The summed E-state index contributed by atoms with van der Waals surface area (Å²) in [6.07, 6.45) is 1.83. The molecule has 0 aromatic carbocycles. The largest absolute Gasteiger partial charge is 0.476 e. The summed E-state index contributed by atoms with van der Waals surface area (Å²) in [7, 11) is 0. The van der Waals surface area contributed by atoms with E-state index >= 15 is 0 Å². The Morgan fingerprint density at radius 1 is 1.21 bits per heavy atom. The average Bonchev–Trinajstić information content (AvgIpc) is 3.07. The molecule has 0 atom stereocenters. The van der Waals surface area contributed by atoms with Crippen LogP contribution in [0.3, 0.4) is 0 Å². The monoisotopic (exact) mass is 396 g/mol. The molecule has 9 nitrogen and oxygen atoms in total. The van der Waals surface area contributed by atoms with E-state index < -0.39 is 0 Å². The lowest BCUT2D eigenvalue weighted by molar-refractivity contribution is 0.0940. The molecular formula is C20H24N6O3. The molecule has 0 radical (unpaired) electrons. The normalized spacial score (nSPS) is 14.2. The maximum absolute atomic E-state index is 12.6. The Bertz CT molecular complexity index is 1010. The van der Waals surface area contributed by atoms with E-state index in [2.05, 4.69) is 25.2 Å². The standard InChI is InChI=1S/C20H24N6O3/c1-14-19(26-7-4-3-5-16(26)22-14)20(27)21-6-10-29-18-13-17(23-15(2)24-18)25-8-11-28-12-9-25/h3-5,7,13H,6,8-12H2,1-2H3,(H,21,27). The van der Waals surface area contributed by atoms with Gasteiger partial charge >= 0.3 is 0 Å². The smallest absolute Gasteiger partial charge is 0.270 e. The van der Waals surface area contributed by atoms with Crippen molar-refractivity contribution in [1.82, 2.24) is 24.7 Å². The van der Waals surface area contributed by atoms with Gasteiger partial charge < -0.3 is 19.7 Å². The lowest BCUT2D eigenvalue weighted by Crippen LogP contribution is -2.37. The highest BCUT2D eigenvalue weighted by atomic mass is 16.5. The second kappa shape index (κ2) is 8.44. The summed E-state index contributed by atoms with van der Waals surface area (Å²) < 4.78 is 12.9. The van der Waals surface area contributed by atoms with Crippen molar-refractivity contribution in [3.63, 3.8) is 0 Å². The Hall–Kier alpha value is -3.20. The first-order valence-electron chi connectivity index (χ1n) is 9.65. The minimum Gasteiger partial charge on any atom is -0.476 e. The number of aryl methyl sites for hydroxylation is 2. The lowest BCUT2D eigenvalue weighted by Gasteiger charge is -2.28. The molecule has 0 spiro atoms. The van der Waals surface area contributed by atoms with Crippen molar-refractivity contribution in [2.45, 2.75) is 13.8 Å². The maximum atomic E-state index is 12.6. The molecule has 4 rings (SSSR count). The SMILES string of the molecule is Cc1nc(OCCNC(=O)c2c(C)nc3ccccn23)cc(N2CCOCC2)n1. The zero-order valence-corrected chi connectivity index (χ0v) is 16.6. The predicted molar refractivity (Wildman–Crippen MR) is 108 cm³/mol. The minimum absolute atomic E-state index is 0.183. The molecule has 3 aromatic heterocycles. The van der Waals surface area contributed by atoms with Gasteiger partial charge in [0, 0.05) is 25.4 Å². The van der Waals surface area contributed by atoms with Crippen LogP contribution in [0.25, 0.3) is 5.65 Å². The fourth-order valence-corrected chi connectivity index (χ4v) is 3.34. The van der Waals surface area contributed by atoms with Crippen molar-refractivity contribution in [3.8, 4) is 5.88 Å². The summed E-state index contributed by atoms with van der Waals surface area (Å²) in [5.74, 6) is 1.80. The van der Waals surface area contributed by atoms with Crippen molar-refractivity contribution in [1.29, 1.82) is 0 Å². The molecule has 0 saturated carbocycles. The van der Waals surface area contributed by atoms with Gasteiger partial charge in [0.1, 0.15) is 29.6 Å². The van der Waals surface area contributed by atoms with E-state index in [1.165, 1.54) is 0 Å². The molecule has 4 heterocycles. The van der Waals surface area contributed by atoms with Crippen LogP contribution < -0.4 is 15.0 Å². The number of carbonyl (C=O) groups is 1. The van der Waals surface area contributed by atoms with Gasteiger partial charge in [-0.1, -0.05) is 6.07 Å². The third kappa shape index (κ3) is 4.29. The number of nitrogens with zero attached hydrogens (tertiary/aromatic N) is 5. The summed E-state index contributed by atoms with van der Waals surface area (Å²) in [5, 5.41) is 2.89. The Balaban J connectivity index is 1.35. The minimum atomic E-state index is -0.183. The van der Waals surface area contributed by atoms with Crippen LogP contribution in [-0.2, 0) is 4.74 Å². The van der Waals surface area contributed by atoms with Crippen molar-refractivity contribution < 1.29 is 14.3 Å². The fraction of sp³-hybridized carbons (Fsp3) is 0.400. The summed E-state index contributed by atoms with van der Waals surface area (Å²) >= 11 is 0. The topological polar surface area (TPSA) is 93.9 Å². The number of carbonyl (C=O) groups excluding carboxylic acids is 1. The van der Waals surface area contributed by atoms with E-state index in [-0.39, 0.29) is 5.91 Å². The molecule has 1 aliphatic rings. The molecule has 9 heteroatoms. The van der Waals surface area contributed by atoms with Crippen LogP contribution in [0.5, 0.6) is 5.88 Å². The Morgan fingerprint density at radius 2 is 2.03 bits per heavy atom. The van der Waals surface area contributed by atoms with E-state index in [4.69, 9.17) is 9.47 Å². The number of pyridine rings is 1. The van der Waals surface area contributed by atoms with Gasteiger partial charge in [-0.2, -0.15) is 4.98 Å². The fourth-order valence-electron chi connectivity index (χ4n) is 3.34. The number of nitrogens with one attached hydrogen (secondary N) is 1. The molecule has 0 bridgehead atoms. The average molecular weight is 396 g/mol. The first kappa shape index (κ1) is 19.1. The number of hydrogen-bond acceptors (Lipinski definition) is 7. The van der Waals surface area contributed by atoms with Crippen LogP contribution in [0.2, 0.25) is 0 Å². The van der Waals surface area contributed by atoms with E-state index in [1.54, 1.807) is 4.40 Å². The van der Waals surface area contributed by atoms with Gasteiger partial charge in [-0.05, 0) is 26.0 Å². The summed E-state index contributed by atoms with van der Waals surface area (Å²) in [4.78, 5) is 28.0. The van der Waals surface area contributed by atoms with Crippen LogP contribution in [-0.4, -0.2) is 64.7 Å². The highest BCUT2D eigenvalue weighted by molar-refractivity contribution is 5.94. The Labute approximate surface area is 168 Å². The van der Waals surface area contributed by atoms with Crippen LogP contribution >= 0.6 is 0 Å². The molecule has 3 aromatic rings. The maximum Gasteiger partial charge on any atom is 0.270 e. The van der Waals surface area contributed by atoms with Gasteiger partial charge in [-0.25, -0.2) is 9.97 Å². The molecular weight excluding hydrogens is 372 g/mol. The molecule has 1 aliphatic heterocycles. The van der Waals surface area contributed by atoms with Crippen molar-refractivity contribution >= 4 is 17.4 Å². The number of hydrogen-bond donors (Lipinski definition) is 1. The van der Waals surface area contributed by atoms with Gasteiger partial charge in [0.05, 0.1) is 25.5 Å². The molecule has 29 heavy (non-hydrogen) atoms. The molecule has 152 valence electrons. The first-order chi connectivity index (χ1) is 14.1. The van der Waals surface area contributed by atoms with Crippen LogP contribution in [0.1, 0.15) is 22.0 Å². The second-order valence-corrected chi connectivity index (χ2v) is 6.79. The summed E-state index contributed by atoms with van der Waals surface area (Å²) in [5.41, 5.74) is 1.97.